The minimum Gasteiger partial charge on any atom is -0.507 e. The maximum Gasteiger partial charge on any atom is 0.328 e. The number of hydrogen-bond acceptors (Lipinski definition) is 6. The van der Waals surface area contributed by atoms with Crippen LogP contribution in [0.25, 0.3) is 0 Å². The number of carbonyl (C=O) groups excluding carboxylic acids is 4. The molecule has 0 spiro atoms. The number of phenols is 1. The van der Waals surface area contributed by atoms with E-state index >= 15 is 0 Å². The third-order valence-corrected chi connectivity index (χ3v) is 5.01. The predicted octanol–water partition coefficient (Wildman–Crippen LogP) is 2.25. The second-order valence-electron chi connectivity index (χ2n) is 8.63. The molecule has 1 aliphatic heterocycles. The lowest BCUT2D eigenvalue weighted by Crippen LogP contribution is -2.49. The molecular formula is C23H26N4O6. The van der Waals surface area contributed by atoms with E-state index in [0.717, 1.165) is 0 Å². The summed E-state index contributed by atoms with van der Waals surface area (Å²) in [5, 5.41) is 15.8. The first kappa shape index (κ1) is 23.6. The quantitative estimate of drug-likeness (QED) is 0.526. The van der Waals surface area contributed by atoms with E-state index in [1.54, 1.807) is 30.3 Å². The molecule has 0 aliphatic carbocycles. The van der Waals surface area contributed by atoms with Crippen LogP contribution < -0.4 is 26.0 Å². The van der Waals surface area contributed by atoms with Crippen molar-refractivity contribution >= 4 is 35.1 Å². The fraction of sp³-hybridized carbons (Fsp3) is 0.304. The number of amides is 5. The molecule has 2 aromatic carbocycles. The number of nitrogens with zero attached hydrogens (tertiary/aromatic N) is 1. The molecule has 33 heavy (non-hydrogen) atoms. The molecule has 1 saturated heterocycles. The van der Waals surface area contributed by atoms with Gasteiger partial charge in [-0.3, -0.25) is 24.6 Å². The average Bonchev–Trinajstić information content (AvgIpc) is 2.72. The average molecular weight is 454 g/mol. The second kappa shape index (κ2) is 9.19. The van der Waals surface area contributed by atoms with E-state index in [0.29, 0.717) is 22.7 Å². The van der Waals surface area contributed by atoms with Gasteiger partial charge in [0.25, 0.3) is 11.8 Å². The van der Waals surface area contributed by atoms with E-state index < -0.39 is 23.3 Å². The van der Waals surface area contributed by atoms with Gasteiger partial charge in [-0.25, -0.2) is 4.79 Å². The predicted molar refractivity (Wildman–Crippen MR) is 121 cm³/mol. The van der Waals surface area contributed by atoms with Gasteiger partial charge < -0.3 is 20.9 Å². The van der Waals surface area contributed by atoms with Gasteiger partial charge in [-0.05, 0) is 41.8 Å². The number of primary amides is 1. The van der Waals surface area contributed by atoms with Crippen LogP contribution in [0.5, 0.6) is 11.5 Å². The van der Waals surface area contributed by atoms with Crippen LogP contribution in [0.1, 0.15) is 43.1 Å². The maximum absolute atomic E-state index is 13.0. The molecule has 174 valence electrons. The van der Waals surface area contributed by atoms with Gasteiger partial charge in [-0.2, -0.15) is 0 Å². The molecule has 2 aromatic rings. The highest BCUT2D eigenvalue weighted by molar-refractivity contribution is 6.09. The Bertz CT molecular complexity index is 1110. The molecule has 1 aliphatic rings. The molecule has 1 fully saturated rings. The van der Waals surface area contributed by atoms with E-state index in [9.17, 15) is 24.3 Å². The van der Waals surface area contributed by atoms with E-state index in [1.807, 2.05) is 20.8 Å². The number of benzene rings is 2. The molecule has 0 bridgehead atoms. The normalized spacial score (nSPS) is 14.0. The van der Waals surface area contributed by atoms with E-state index in [2.05, 4.69) is 10.6 Å². The Kier molecular flexibility index (Phi) is 6.57. The van der Waals surface area contributed by atoms with Crippen LogP contribution in [-0.2, 0) is 15.0 Å². The number of urea groups is 1. The molecule has 0 radical (unpaired) electrons. The number of carbonyl (C=O) groups is 4. The number of aromatic hydroxyl groups is 1. The number of nitrogens with two attached hydrogens (primary N) is 1. The van der Waals surface area contributed by atoms with Crippen molar-refractivity contribution in [3.05, 3.63) is 47.5 Å². The van der Waals surface area contributed by atoms with Crippen molar-refractivity contribution in [2.24, 2.45) is 5.73 Å². The summed E-state index contributed by atoms with van der Waals surface area (Å²) in [4.78, 5) is 49.1. The summed E-state index contributed by atoms with van der Waals surface area (Å²) in [5.74, 6) is -1.36. The Labute approximate surface area is 190 Å². The summed E-state index contributed by atoms with van der Waals surface area (Å²) in [6, 6.07) is 8.74. The molecule has 0 saturated carbocycles. The van der Waals surface area contributed by atoms with Crippen LogP contribution >= 0.6 is 0 Å². The SMILES string of the molecule is CC(C)(C)c1cc(N2CCC(=O)NC2=O)cc(C(=O)Nc2ccc(OCC(N)=O)cc2)c1O. The van der Waals surface area contributed by atoms with Gasteiger partial charge >= 0.3 is 6.03 Å². The number of phenolic OH excluding ortho intramolecular Hbond substituents is 1. The van der Waals surface area contributed by atoms with Crippen LogP contribution in [0, 0.1) is 0 Å². The lowest BCUT2D eigenvalue weighted by atomic mass is 9.84. The Morgan fingerprint density at radius 2 is 1.85 bits per heavy atom. The Morgan fingerprint density at radius 3 is 2.42 bits per heavy atom. The smallest absolute Gasteiger partial charge is 0.328 e. The zero-order valence-corrected chi connectivity index (χ0v) is 18.6. The summed E-state index contributed by atoms with van der Waals surface area (Å²) in [6.45, 7) is 5.51. The number of nitrogens with one attached hydrogen (secondary N) is 2. The minimum atomic E-state index is -0.607. The van der Waals surface area contributed by atoms with E-state index in [-0.39, 0.29) is 36.8 Å². The third kappa shape index (κ3) is 5.59. The first-order chi connectivity index (χ1) is 15.5. The summed E-state index contributed by atoms with van der Waals surface area (Å²) in [7, 11) is 0. The van der Waals surface area contributed by atoms with Crippen LogP contribution in [0.15, 0.2) is 36.4 Å². The largest absolute Gasteiger partial charge is 0.507 e. The first-order valence-corrected chi connectivity index (χ1v) is 10.3. The van der Waals surface area contributed by atoms with Crippen LogP contribution in [-0.4, -0.2) is 42.0 Å². The maximum atomic E-state index is 13.0. The molecule has 0 aromatic heterocycles. The molecule has 1 heterocycles. The second-order valence-corrected chi connectivity index (χ2v) is 8.63. The number of rotatable bonds is 6. The number of anilines is 2. The summed E-state index contributed by atoms with van der Waals surface area (Å²) in [5.41, 5.74) is 5.79. The van der Waals surface area contributed by atoms with Gasteiger partial charge in [0.05, 0.1) is 5.56 Å². The molecule has 3 rings (SSSR count). The zero-order valence-electron chi connectivity index (χ0n) is 18.6. The van der Waals surface area contributed by atoms with Gasteiger partial charge in [-0.1, -0.05) is 20.8 Å². The highest BCUT2D eigenvalue weighted by Crippen LogP contribution is 2.37. The zero-order chi connectivity index (χ0) is 24.3. The van der Waals surface area contributed by atoms with E-state index in [4.69, 9.17) is 10.5 Å². The van der Waals surface area contributed by atoms with E-state index in [1.165, 1.54) is 11.0 Å². The summed E-state index contributed by atoms with van der Waals surface area (Å²) in [6.07, 6.45) is 0.128. The fourth-order valence-electron chi connectivity index (χ4n) is 3.32. The topological polar surface area (TPSA) is 151 Å². The lowest BCUT2D eigenvalue weighted by molar-refractivity contribution is -0.120. The summed E-state index contributed by atoms with van der Waals surface area (Å²) < 4.78 is 5.19. The highest BCUT2D eigenvalue weighted by Gasteiger charge is 2.29. The number of ether oxygens (including phenoxy) is 1. The molecule has 10 nitrogen and oxygen atoms in total. The summed E-state index contributed by atoms with van der Waals surface area (Å²) >= 11 is 0. The third-order valence-electron chi connectivity index (χ3n) is 5.01. The van der Waals surface area contributed by atoms with Crippen LogP contribution in [0.3, 0.4) is 0 Å². The van der Waals surface area contributed by atoms with Gasteiger partial charge in [0.1, 0.15) is 11.5 Å². The van der Waals surface area contributed by atoms with Crippen molar-refractivity contribution in [2.45, 2.75) is 32.6 Å². The van der Waals surface area contributed by atoms with Crippen LogP contribution in [0.2, 0.25) is 0 Å². The van der Waals surface area contributed by atoms with Gasteiger partial charge in [0.2, 0.25) is 5.91 Å². The monoisotopic (exact) mass is 454 g/mol. The van der Waals surface area contributed by atoms with Crippen LogP contribution in [0.4, 0.5) is 16.2 Å². The highest BCUT2D eigenvalue weighted by atomic mass is 16.5. The Morgan fingerprint density at radius 1 is 1.18 bits per heavy atom. The van der Waals surface area contributed by atoms with Gasteiger partial charge in [-0.15, -0.1) is 0 Å². The Balaban J connectivity index is 1.90. The van der Waals surface area contributed by atoms with Crippen molar-refractivity contribution in [1.29, 1.82) is 0 Å². The van der Waals surface area contributed by atoms with Crippen molar-refractivity contribution in [3.63, 3.8) is 0 Å². The fourth-order valence-corrected chi connectivity index (χ4v) is 3.32. The van der Waals surface area contributed by atoms with Gasteiger partial charge in [0.15, 0.2) is 6.61 Å². The van der Waals surface area contributed by atoms with Gasteiger partial charge in [0, 0.05) is 29.9 Å². The Hall–Kier alpha value is -4.08. The molecule has 5 amide bonds. The van der Waals surface area contributed by atoms with Crippen molar-refractivity contribution in [3.8, 4) is 11.5 Å². The molecule has 10 heteroatoms. The molecule has 5 N–H and O–H groups in total. The standard InChI is InChI=1S/C23H26N4O6/c1-23(2,3)17-11-14(27-9-8-19(29)26-22(27)32)10-16(20(17)30)21(31)25-13-4-6-15(7-5-13)33-12-18(24)28/h4-7,10-11,30H,8-9,12H2,1-3H3,(H2,24,28)(H,25,31)(H,26,29,32). The van der Waals surface area contributed by atoms with Crippen molar-refractivity contribution in [1.82, 2.24) is 5.32 Å². The lowest BCUT2D eigenvalue weighted by Gasteiger charge is -2.29. The van der Waals surface area contributed by atoms with Crippen molar-refractivity contribution in [2.75, 3.05) is 23.4 Å². The number of imide groups is 1. The molecule has 0 unspecified atom stereocenters. The first-order valence-electron chi connectivity index (χ1n) is 10.3. The molecular weight excluding hydrogens is 428 g/mol. The number of hydrogen-bond donors (Lipinski definition) is 4. The molecule has 0 atom stereocenters. The minimum absolute atomic E-state index is 0.0174. The van der Waals surface area contributed by atoms with Crippen molar-refractivity contribution < 1.29 is 29.0 Å².